The molecule has 2 aliphatic rings. The van der Waals surface area contributed by atoms with Gasteiger partial charge in [-0.2, -0.15) is 0 Å². The lowest BCUT2D eigenvalue weighted by molar-refractivity contribution is 0.103. The summed E-state index contributed by atoms with van der Waals surface area (Å²) in [7, 11) is 0. The van der Waals surface area contributed by atoms with Crippen LogP contribution in [0.15, 0.2) is 18.2 Å². The van der Waals surface area contributed by atoms with Crippen LogP contribution in [0, 0.1) is 0 Å². The van der Waals surface area contributed by atoms with Crippen molar-refractivity contribution in [1.82, 2.24) is 5.32 Å². The molecule has 2 aliphatic heterocycles. The van der Waals surface area contributed by atoms with Crippen LogP contribution in [0.2, 0.25) is 0 Å². The molecule has 1 N–H and O–H groups in total. The number of nitrogens with one attached hydrogen (secondary N) is 1. The minimum absolute atomic E-state index is 0.121. The number of piperidine rings is 1. The van der Waals surface area contributed by atoms with Crippen molar-refractivity contribution >= 4 is 5.69 Å². The Balaban J connectivity index is 1.83. The molecule has 1 atom stereocenters. The second-order valence-corrected chi connectivity index (χ2v) is 7.74. The van der Waals surface area contributed by atoms with E-state index in [0.717, 1.165) is 18.7 Å². The minimum atomic E-state index is -0.121. The lowest BCUT2D eigenvalue weighted by atomic mass is 9.96. The van der Waals surface area contributed by atoms with Crippen LogP contribution < -0.4 is 15.0 Å². The van der Waals surface area contributed by atoms with E-state index in [1.165, 1.54) is 37.1 Å². The van der Waals surface area contributed by atoms with Crippen molar-refractivity contribution in [2.75, 3.05) is 18.0 Å². The van der Waals surface area contributed by atoms with Gasteiger partial charge in [-0.3, -0.25) is 0 Å². The molecular weight excluding hydrogens is 272 g/mol. The molecule has 3 nitrogen and oxygen atoms in total. The number of ether oxygens (including phenoxy) is 1. The highest BCUT2D eigenvalue weighted by atomic mass is 16.5. The van der Waals surface area contributed by atoms with E-state index in [4.69, 9.17) is 4.74 Å². The van der Waals surface area contributed by atoms with Crippen molar-refractivity contribution in [2.24, 2.45) is 0 Å². The molecule has 0 saturated carbocycles. The lowest BCUT2D eigenvalue weighted by Gasteiger charge is -2.43. The van der Waals surface area contributed by atoms with E-state index in [2.05, 4.69) is 56.1 Å². The van der Waals surface area contributed by atoms with E-state index in [-0.39, 0.29) is 5.60 Å². The van der Waals surface area contributed by atoms with Crippen molar-refractivity contribution < 1.29 is 4.74 Å². The highest BCUT2D eigenvalue weighted by molar-refractivity contribution is 5.62. The van der Waals surface area contributed by atoms with Crippen LogP contribution in [0.1, 0.15) is 52.5 Å². The van der Waals surface area contributed by atoms with E-state index >= 15 is 0 Å². The second-order valence-electron chi connectivity index (χ2n) is 7.74. The summed E-state index contributed by atoms with van der Waals surface area (Å²) in [6.07, 6.45) is 5.11. The van der Waals surface area contributed by atoms with E-state index < -0.39 is 0 Å². The third kappa shape index (κ3) is 3.40. The second kappa shape index (κ2) is 6.11. The van der Waals surface area contributed by atoms with Crippen molar-refractivity contribution in [1.29, 1.82) is 0 Å². The number of rotatable bonds is 3. The van der Waals surface area contributed by atoms with Gasteiger partial charge in [-0.15, -0.1) is 0 Å². The van der Waals surface area contributed by atoms with Gasteiger partial charge in [0.05, 0.1) is 12.2 Å². The number of fused-ring (bicyclic) bond motifs is 1. The first-order valence-corrected chi connectivity index (χ1v) is 8.76. The van der Waals surface area contributed by atoms with Crippen LogP contribution in [-0.2, 0) is 6.42 Å². The summed E-state index contributed by atoms with van der Waals surface area (Å²) in [5, 5.41) is 3.65. The van der Waals surface area contributed by atoms with Gasteiger partial charge in [-0.1, -0.05) is 12.5 Å². The van der Waals surface area contributed by atoms with E-state index in [9.17, 15) is 0 Å². The lowest BCUT2D eigenvalue weighted by Crippen LogP contribution is -2.49. The molecule has 22 heavy (non-hydrogen) atoms. The molecule has 0 radical (unpaired) electrons. The standard InChI is InChI=1S/C19H30N2O/c1-14(2)21-13-19(3,4)22-18-9-8-15(12-17(18)21)11-16-7-5-6-10-20-16/h8-9,12,14,16,20H,5-7,10-11,13H2,1-4H3. The Bertz CT molecular complexity index is 518. The normalized spacial score (nSPS) is 24.0. The minimum Gasteiger partial charge on any atom is -0.484 e. The molecule has 3 rings (SSSR count). The fourth-order valence-electron chi connectivity index (χ4n) is 3.67. The van der Waals surface area contributed by atoms with Crippen LogP contribution in [0.3, 0.4) is 0 Å². The summed E-state index contributed by atoms with van der Waals surface area (Å²) in [6, 6.07) is 7.89. The van der Waals surface area contributed by atoms with Crippen LogP contribution >= 0.6 is 0 Å². The quantitative estimate of drug-likeness (QED) is 0.920. The summed E-state index contributed by atoms with van der Waals surface area (Å²) >= 11 is 0. The summed E-state index contributed by atoms with van der Waals surface area (Å²) in [5.41, 5.74) is 2.57. The molecule has 0 amide bonds. The van der Waals surface area contributed by atoms with Gasteiger partial charge in [0.15, 0.2) is 0 Å². The zero-order valence-corrected chi connectivity index (χ0v) is 14.5. The number of nitrogens with zero attached hydrogens (tertiary/aromatic N) is 1. The van der Waals surface area contributed by atoms with Gasteiger partial charge in [0.2, 0.25) is 0 Å². The molecule has 1 fully saturated rings. The summed E-state index contributed by atoms with van der Waals surface area (Å²) in [6.45, 7) is 11.0. The van der Waals surface area contributed by atoms with Gasteiger partial charge < -0.3 is 15.0 Å². The maximum atomic E-state index is 6.19. The van der Waals surface area contributed by atoms with Crippen LogP contribution in [-0.4, -0.2) is 30.8 Å². The largest absolute Gasteiger partial charge is 0.484 e. The number of anilines is 1. The Labute approximate surface area is 135 Å². The Morgan fingerprint density at radius 2 is 2.14 bits per heavy atom. The molecule has 3 heteroatoms. The average Bonchev–Trinajstić information content (AvgIpc) is 2.47. The average molecular weight is 302 g/mol. The van der Waals surface area contributed by atoms with E-state index in [1.807, 2.05) is 0 Å². The van der Waals surface area contributed by atoms with E-state index in [1.54, 1.807) is 0 Å². The molecular formula is C19H30N2O. The van der Waals surface area contributed by atoms with E-state index in [0.29, 0.717) is 12.1 Å². The van der Waals surface area contributed by atoms with Crippen molar-refractivity contribution in [3.8, 4) is 5.75 Å². The molecule has 122 valence electrons. The van der Waals surface area contributed by atoms with Crippen molar-refractivity contribution in [2.45, 2.75) is 71.1 Å². The maximum Gasteiger partial charge on any atom is 0.143 e. The van der Waals surface area contributed by atoms with Gasteiger partial charge in [-0.05, 0) is 71.2 Å². The molecule has 2 heterocycles. The molecule has 1 aromatic carbocycles. The summed E-state index contributed by atoms with van der Waals surface area (Å²) in [4.78, 5) is 2.48. The zero-order valence-electron chi connectivity index (χ0n) is 14.5. The van der Waals surface area contributed by atoms with Gasteiger partial charge >= 0.3 is 0 Å². The molecule has 1 saturated heterocycles. The predicted octanol–water partition coefficient (Wildman–Crippen LogP) is 3.76. The first kappa shape index (κ1) is 15.7. The topological polar surface area (TPSA) is 24.5 Å². The summed E-state index contributed by atoms with van der Waals surface area (Å²) < 4.78 is 6.19. The number of hydrogen-bond donors (Lipinski definition) is 1. The van der Waals surface area contributed by atoms with Crippen LogP contribution in [0.5, 0.6) is 5.75 Å². The van der Waals surface area contributed by atoms with Crippen LogP contribution in [0.4, 0.5) is 5.69 Å². The third-order valence-corrected chi connectivity index (χ3v) is 4.79. The van der Waals surface area contributed by atoms with Crippen LogP contribution in [0.25, 0.3) is 0 Å². The predicted molar refractivity (Wildman–Crippen MR) is 93.0 cm³/mol. The summed E-state index contributed by atoms with van der Waals surface area (Å²) in [5.74, 6) is 1.03. The molecule has 0 bridgehead atoms. The molecule has 1 aromatic rings. The third-order valence-electron chi connectivity index (χ3n) is 4.79. The first-order valence-electron chi connectivity index (χ1n) is 8.76. The van der Waals surface area contributed by atoms with Gasteiger partial charge in [0, 0.05) is 12.1 Å². The molecule has 0 aliphatic carbocycles. The monoisotopic (exact) mass is 302 g/mol. The maximum absolute atomic E-state index is 6.19. The molecule has 1 unspecified atom stereocenters. The Morgan fingerprint density at radius 3 is 2.82 bits per heavy atom. The van der Waals surface area contributed by atoms with Crippen molar-refractivity contribution in [3.05, 3.63) is 23.8 Å². The molecule has 0 aromatic heterocycles. The fourth-order valence-corrected chi connectivity index (χ4v) is 3.67. The first-order chi connectivity index (χ1) is 10.4. The highest BCUT2D eigenvalue weighted by Crippen LogP contribution is 2.39. The van der Waals surface area contributed by atoms with Crippen molar-refractivity contribution in [3.63, 3.8) is 0 Å². The van der Waals surface area contributed by atoms with Gasteiger partial charge in [0.1, 0.15) is 11.4 Å². The number of hydrogen-bond acceptors (Lipinski definition) is 3. The van der Waals surface area contributed by atoms with Gasteiger partial charge in [0.25, 0.3) is 0 Å². The number of benzene rings is 1. The highest BCUT2D eigenvalue weighted by Gasteiger charge is 2.33. The Hall–Kier alpha value is -1.22. The van der Waals surface area contributed by atoms with Gasteiger partial charge in [-0.25, -0.2) is 0 Å². The Morgan fingerprint density at radius 1 is 1.32 bits per heavy atom. The Kier molecular flexibility index (Phi) is 4.35. The SMILES string of the molecule is CC(C)N1CC(C)(C)Oc2ccc(CC3CCCCN3)cc21. The fraction of sp³-hybridized carbons (Fsp3) is 0.684. The zero-order chi connectivity index (χ0) is 15.7. The molecule has 0 spiro atoms. The smallest absolute Gasteiger partial charge is 0.143 e.